The number of hydrogen-bond donors (Lipinski definition) is 3. The average molecular weight is 344 g/mol. The molecule has 24 heavy (non-hydrogen) atoms. The van der Waals surface area contributed by atoms with Gasteiger partial charge in [0.2, 0.25) is 5.91 Å². The predicted octanol–water partition coefficient (Wildman–Crippen LogP) is 2.91. The summed E-state index contributed by atoms with van der Waals surface area (Å²) < 4.78 is 0. The maximum Gasteiger partial charge on any atom is 0.257 e. The van der Waals surface area contributed by atoms with E-state index in [1.807, 2.05) is 31.2 Å². The second kappa shape index (κ2) is 9.10. The van der Waals surface area contributed by atoms with Gasteiger partial charge in [-0.2, -0.15) is 0 Å². The van der Waals surface area contributed by atoms with Gasteiger partial charge in [-0.3, -0.25) is 9.59 Å². The first-order valence-corrected chi connectivity index (χ1v) is 8.71. The highest BCUT2D eigenvalue weighted by atomic mass is 32.2. The van der Waals surface area contributed by atoms with Crippen LogP contribution < -0.4 is 10.6 Å². The van der Waals surface area contributed by atoms with Crippen LogP contribution in [0, 0.1) is 6.92 Å². The van der Waals surface area contributed by atoms with Crippen LogP contribution in [0.3, 0.4) is 0 Å². The largest absolute Gasteiger partial charge is 0.396 e. The highest BCUT2D eigenvalue weighted by Gasteiger charge is 2.13. The van der Waals surface area contributed by atoms with E-state index in [4.69, 9.17) is 5.11 Å². The molecular weight excluding hydrogens is 324 g/mol. The summed E-state index contributed by atoms with van der Waals surface area (Å²) in [5.41, 5.74) is 2.63. The van der Waals surface area contributed by atoms with E-state index in [2.05, 4.69) is 10.6 Å². The Balaban J connectivity index is 2.07. The number of amides is 2. The molecule has 0 bridgehead atoms. The van der Waals surface area contributed by atoms with E-state index in [9.17, 15) is 9.59 Å². The van der Waals surface area contributed by atoms with Gasteiger partial charge in [-0.05, 0) is 36.8 Å². The van der Waals surface area contributed by atoms with Gasteiger partial charge in [-0.15, -0.1) is 11.8 Å². The van der Waals surface area contributed by atoms with Crippen molar-refractivity contribution < 1.29 is 14.7 Å². The molecule has 3 N–H and O–H groups in total. The van der Waals surface area contributed by atoms with Crippen LogP contribution in [0.4, 0.5) is 11.4 Å². The highest BCUT2D eigenvalue weighted by molar-refractivity contribution is 7.99. The number of para-hydroxylation sites is 1. The number of thioether (sulfide) groups is 1. The van der Waals surface area contributed by atoms with Crippen LogP contribution >= 0.6 is 11.8 Å². The van der Waals surface area contributed by atoms with Crippen LogP contribution in [0.25, 0.3) is 0 Å². The van der Waals surface area contributed by atoms with Crippen LogP contribution in [0.15, 0.2) is 48.5 Å². The summed E-state index contributed by atoms with van der Waals surface area (Å²) >= 11 is 1.34. The summed E-state index contributed by atoms with van der Waals surface area (Å²) in [5, 5.41) is 14.3. The van der Waals surface area contributed by atoms with Crippen molar-refractivity contribution in [3.05, 3.63) is 59.7 Å². The highest BCUT2D eigenvalue weighted by Crippen LogP contribution is 2.18. The van der Waals surface area contributed by atoms with E-state index < -0.39 is 0 Å². The first kappa shape index (κ1) is 18.0. The van der Waals surface area contributed by atoms with Gasteiger partial charge >= 0.3 is 0 Å². The number of aliphatic hydroxyl groups excluding tert-OH is 1. The smallest absolute Gasteiger partial charge is 0.257 e. The molecule has 126 valence electrons. The molecule has 5 nitrogen and oxygen atoms in total. The molecule has 0 spiro atoms. The van der Waals surface area contributed by atoms with Crippen molar-refractivity contribution in [1.29, 1.82) is 0 Å². The predicted molar refractivity (Wildman–Crippen MR) is 98.6 cm³/mol. The second-order valence-electron chi connectivity index (χ2n) is 5.19. The Labute approximate surface area is 145 Å². The van der Waals surface area contributed by atoms with Gasteiger partial charge in [-0.1, -0.05) is 24.3 Å². The van der Waals surface area contributed by atoms with E-state index in [0.29, 0.717) is 22.7 Å². The fourth-order valence-electron chi connectivity index (χ4n) is 2.13. The van der Waals surface area contributed by atoms with Gasteiger partial charge in [0.25, 0.3) is 5.91 Å². The first-order valence-electron chi connectivity index (χ1n) is 7.55. The van der Waals surface area contributed by atoms with Crippen molar-refractivity contribution in [3.63, 3.8) is 0 Å². The topological polar surface area (TPSA) is 78.4 Å². The number of nitrogens with one attached hydrogen (secondary N) is 2. The van der Waals surface area contributed by atoms with Crippen LogP contribution in [-0.4, -0.2) is 35.0 Å². The van der Waals surface area contributed by atoms with Crippen molar-refractivity contribution >= 4 is 35.0 Å². The Hall–Kier alpha value is -2.31. The molecule has 0 heterocycles. The molecule has 0 atom stereocenters. The number of benzene rings is 2. The average Bonchev–Trinajstić information content (AvgIpc) is 2.55. The molecule has 0 fully saturated rings. The first-order chi connectivity index (χ1) is 11.6. The lowest BCUT2D eigenvalue weighted by Crippen LogP contribution is -2.19. The van der Waals surface area contributed by atoms with E-state index in [1.54, 1.807) is 24.3 Å². The van der Waals surface area contributed by atoms with Crippen molar-refractivity contribution in [2.24, 2.45) is 0 Å². The minimum absolute atomic E-state index is 0.0352. The van der Waals surface area contributed by atoms with E-state index in [0.717, 1.165) is 5.56 Å². The molecule has 0 radical (unpaired) electrons. The van der Waals surface area contributed by atoms with Crippen molar-refractivity contribution in [2.75, 3.05) is 28.7 Å². The summed E-state index contributed by atoms with van der Waals surface area (Å²) in [6.45, 7) is 1.99. The third kappa shape index (κ3) is 5.40. The molecule has 0 aromatic heterocycles. The van der Waals surface area contributed by atoms with Crippen LogP contribution in [-0.2, 0) is 4.79 Å². The minimum atomic E-state index is -0.278. The SMILES string of the molecule is Cc1cccc(NC(=O)c2ccccc2NC(=O)CSCCO)c1. The van der Waals surface area contributed by atoms with Gasteiger partial charge in [0.05, 0.1) is 23.6 Å². The summed E-state index contributed by atoms with van der Waals surface area (Å²) in [6, 6.07) is 14.4. The number of anilines is 2. The lowest BCUT2D eigenvalue weighted by molar-refractivity contribution is -0.113. The van der Waals surface area contributed by atoms with Crippen LogP contribution in [0.5, 0.6) is 0 Å². The number of carbonyl (C=O) groups is 2. The normalized spacial score (nSPS) is 10.2. The van der Waals surface area contributed by atoms with Crippen LogP contribution in [0.2, 0.25) is 0 Å². The quantitative estimate of drug-likeness (QED) is 0.675. The van der Waals surface area contributed by atoms with E-state index in [1.165, 1.54) is 11.8 Å². The Bertz CT molecular complexity index is 719. The molecule has 0 unspecified atom stereocenters. The summed E-state index contributed by atoms with van der Waals surface area (Å²) in [6.07, 6.45) is 0. The van der Waals surface area contributed by atoms with Gasteiger partial charge < -0.3 is 15.7 Å². The number of carbonyl (C=O) groups excluding carboxylic acids is 2. The van der Waals surface area contributed by atoms with Gasteiger partial charge in [0, 0.05) is 11.4 Å². The molecule has 2 aromatic rings. The summed E-state index contributed by atoms with van der Waals surface area (Å²) in [7, 11) is 0. The molecule has 0 aliphatic rings. The fourth-order valence-corrected chi connectivity index (χ4v) is 2.66. The Morgan fingerprint density at radius 3 is 2.62 bits per heavy atom. The monoisotopic (exact) mass is 344 g/mol. The molecule has 2 aromatic carbocycles. The maximum atomic E-state index is 12.5. The van der Waals surface area contributed by atoms with Crippen LogP contribution in [0.1, 0.15) is 15.9 Å². The Morgan fingerprint density at radius 1 is 1.08 bits per heavy atom. The molecule has 2 amide bonds. The fraction of sp³-hybridized carbons (Fsp3) is 0.222. The summed E-state index contributed by atoms with van der Waals surface area (Å²) in [5.74, 6) is 0.251. The Morgan fingerprint density at radius 2 is 1.88 bits per heavy atom. The van der Waals surface area contributed by atoms with Crippen molar-refractivity contribution in [1.82, 2.24) is 0 Å². The lowest BCUT2D eigenvalue weighted by Gasteiger charge is -2.11. The molecule has 0 saturated carbocycles. The zero-order chi connectivity index (χ0) is 17.4. The number of hydrogen-bond acceptors (Lipinski definition) is 4. The molecule has 0 saturated heterocycles. The minimum Gasteiger partial charge on any atom is -0.396 e. The van der Waals surface area contributed by atoms with Gasteiger partial charge in [0.15, 0.2) is 0 Å². The molecule has 2 rings (SSSR count). The number of aryl methyl sites for hydroxylation is 1. The Kier molecular flexibility index (Phi) is 6.84. The third-order valence-electron chi connectivity index (χ3n) is 3.19. The van der Waals surface area contributed by atoms with Gasteiger partial charge in [0.1, 0.15) is 0 Å². The van der Waals surface area contributed by atoms with Crippen molar-refractivity contribution in [2.45, 2.75) is 6.92 Å². The van der Waals surface area contributed by atoms with Crippen molar-refractivity contribution in [3.8, 4) is 0 Å². The molecule has 0 aliphatic carbocycles. The molecular formula is C18H20N2O3S. The lowest BCUT2D eigenvalue weighted by atomic mass is 10.1. The van der Waals surface area contributed by atoms with E-state index in [-0.39, 0.29) is 24.2 Å². The standard InChI is InChI=1S/C18H20N2O3S/c1-13-5-4-6-14(11-13)19-18(23)15-7-2-3-8-16(15)20-17(22)12-24-10-9-21/h2-8,11,21H,9-10,12H2,1H3,(H,19,23)(H,20,22). The second-order valence-corrected chi connectivity index (χ2v) is 6.30. The molecule has 0 aliphatic heterocycles. The number of aliphatic hydroxyl groups is 1. The zero-order valence-corrected chi connectivity index (χ0v) is 14.2. The summed E-state index contributed by atoms with van der Waals surface area (Å²) in [4.78, 5) is 24.4. The van der Waals surface area contributed by atoms with E-state index >= 15 is 0 Å². The third-order valence-corrected chi connectivity index (χ3v) is 4.13. The number of rotatable bonds is 7. The maximum absolute atomic E-state index is 12.5. The molecule has 6 heteroatoms. The zero-order valence-electron chi connectivity index (χ0n) is 13.4. The van der Waals surface area contributed by atoms with Gasteiger partial charge in [-0.25, -0.2) is 0 Å².